The number of hydrogen-bond donors (Lipinski definition) is 2. The first-order chi connectivity index (χ1) is 10.7. The van der Waals surface area contributed by atoms with Crippen molar-refractivity contribution < 1.29 is 9.90 Å². The minimum Gasteiger partial charge on any atom is -0.391 e. The molecule has 1 aromatic heterocycles. The van der Waals surface area contributed by atoms with E-state index >= 15 is 0 Å². The van der Waals surface area contributed by atoms with Crippen molar-refractivity contribution in [3.63, 3.8) is 0 Å². The van der Waals surface area contributed by atoms with Gasteiger partial charge in [0.25, 0.3) is 5.91 Å². The zero-order valence-electron chi connectivity index (χ0n) is 14.3. The van der Waals surface area contributed by atoms with E-state index in [1.165, 1.54) is 0 Å². The van der Waals surface area contributed by atoms with Crippen LogP contribution in [-0.4, -0.2) is 38.7 Å². The second kappa shape index (κ2) is 6.50. The summed E-state index contributed by atoms with van der Waals surface area (Å²) in [5.41, 5.74) is 2.65. The minimum absolute atomic E-state index is 0.180. The molecule has 23 heavy (non-hydrogen) atoms. The summed E-state index contributed by atoms with van der Waals surface area (Å²) in [6.07, 6.45) is -0.626. The second-order valence-corrected chi connectivity index (χ2v) is 6.86. The van der Waals surface area contributed by atoms with Crippen molar-refractivity contribution in [1.29, 1.82) is 0 Å². The van der Waals surface area contributed by atoms with Gasteiger partial charge in [0.1, 0.15) is 0 Å². The summed E-state index contributed by atoms with van der Waals surface area (Å²) in [4.78, 5) is 12.3. The molecule has 6 heteroatoms. The summed E-state index contributed by atoms with van der Waals surface area (Å²) in [6, 6.07) is 7.83. The van der Waals surface area contributed by atoms with Crippen LogP contribution in [0.15, 0.2) is 24.3 Å². The number of benzene rings is 1. The quantitative estimate of drug-likeness (QED) is 0.904. The Morgan fingerprint density at radius 3 is 2.43 bits per heavy atom. The summed E-state index contributed by atoms with van der Waals surface area (Å²) >= 11 is 0. The van der Waals surface area contributed by atoms with Crippen molar-refractivity contribution in [3.05, 3.63) is 41.2 Å². The van der Waals surface area contributed by atoms with E-state index in [2.05, 4.69) is 15.6 Å². The molecule has 0 aliphatic carbocycles. The summed E-state index contributed by atoms with van der Waals surface area (Å²) in [5.74, 6) is -0.329. The molecule has 0 bridgehead atoms. The van der Waals surface area contributed by atoms with E-state index in [1.54, 1.807) is 11.6 Å². The van der Waals surface area contributed by atoms with Gasteiger partial charge in [0.2, 0.25) is 0 Å². The van der Waals surface area contributed by atoms with Gasteiger partial charge in [0.05, 0.1) is 17.5 Å². The van der Waals surface area contributed by atoms with Crippen LogP contribution >= 0.6 is 0 Å². The molecule has 124 valence electrons. The third-order valence-corrected chi connectivity index (χ3v) is 3.84. The van der Waals surface area contributed by atoms with E-state index in [1.807, 2.05) is 52.0 Å². The molecule has 1 heterocycles. The molecular weight excluding hydrogens is 292 g/mol. The van der Waals surface area contributed by atoms with E-state index in [4.69, 9.17) is 0 Å². The number of aryl methyl sites for hydroxylation is 1. The molecule has 0 aliphatic rings. The fraction of sp³-hybridized carbons (Fsp3) is 0.471. The summed E-state index contributed by atoms with van der Waals surface area (Å²) < 4.78 is 1.63. The van der Waals surface area contributed by atoms with Crippen LogP contribution < -0.4 is 5.32 Å². The molecule has 6 nitrogen and oxygen atoms in total. The standard InChI is InChI=1S/C17H24N4O2/c1-11-6-8-13(9-7-11)21-12(2)15(19-20-21)16(23)18-10-14(22)17(3,4)5/h6-9,14,22H,10H2,1-5H3,(H,18,23). The Hall–Kier alpha value is -2.21. The van der Waals surface area contributed by atoms with Crippen LogP contribution in [0.5, 0.6) is 0 Å². The highest BCUT2D eigenvalue weighted by Gasteiger charge is 2.24. The topological polar surface area (TPSA) is 80.0 Å². The Morgan fingerprint density at radius 2 is 1.87 bits per heavy atom. The molecule has 0 spiro atoms. The highest BCUT2D eigenvalue weighted by Crippen LogP contribution is 2.18. The highest BCUT2D eigenvalue weighted by atomic mass is 16.3. The van der Waals surface area contributed by atoms with Crippen molar-refractivity contribution in [1.82, 2.24) is 20.3 Å². The lowest BCUT2D eigenvalue weighted by atomic mass is 9.89. The average Bonchev–Trinajstić information content (AvgIpc) is 2.86. The van der Waals surface area contributed by atoms with Gasteiger partial charge in [0.15, 0.2) is 5.69 Å². The van der Waals surface area contributed by atoms with E-state index in [-0.39, 0.29) is 23.6 Å². The van der Waals surface area contributed by atoms with E-state index < -0.39 is 6.10 Å². The van der Waals surface area contributed by atoms with Gasteiger partial charge < -0.3 is 10.4 Å². The maximum atomic E-state index is 12.3. The Bertz CT molecular complexity index is 684. The largest absolute Gasteiger partial charge is 0.391 e. The molecule has 0 saturated heterocycles. The minimum atomic E-state index is -0.626. The van der Waals surface area contributed by atoms with Crippen molar-refractivity contribution in [3.8, 4) is 5.69 Å². The number of aromatic nitrogens is 3. The predicted octanol–water partition coefficient (Wildman–Crippen LogP) is 2.02. The van der Waals surface area contributed by atoms with Crippen LogP contribution in [0.2, 0.25) is 0 Å². The number of aliphatic hydroxyl groups excluding tert-OH is 1. The Kier molecular flexibility index (Phi) is 4.85. The zero-order chi connectivity index (χ0) is 17.2. The predicted molar refractivity (Wildman–Crippen MR) is 88.6 cm³/mol. The molecule has 2 aromatic rings. The number of nitrogens with one attached hydrogen (secondary N) is 1. The maximum absolute atomic E-state index is 12.3. The number of hydrogen-bond acceptors (Lipinski definition) is 4. The number of carbonyl (C=O) groups excluding carboxylic acids is 1. The number of rotatable bonds is 4. The Labute approximate surface area is 136 Å². The molecule has 2 N–H and O–H groups in total. The van der Waals surface area contributed by atoms with E-state index in [0.717, 1.165) is 11.3 Å². The van der Waals surface area contributed by atoms with Gasteiger partial charge in [-0.2, -0.15) is 0 Å². The molecule has 1 aromatic carbocycles. The first-order valence-corrected chi connectivity index (χ1v) is 7.65. The smallest absolute Gasteiger partial charge is 0.273 e. The summed E-state index contributed by atoms with van der Waals surface area (Å²) in [7, 11) is 0. The van der Waals surface area contributed by atoms with Gasteiger partial charge >= 0.3 is 0 Å². The molecule has 0 saturated carbocycles. The van der Waals surface area contributed by atoms with Gasteiger partial charge in [-0.3, -0.25) is 4.79 Å². The van der Waals surface area contributed by atoms with Gasteiger partial charge in [-0.25, -0.2) is 4.68 Å². The van der Waals surface area contributed by atoms with Gasteiger partial charge in [-0.15, -0.1) is 5.10 Å². The molecule has 1 unspecified atom stereocenters. The number of nitrogens with zero attached hydrogens (tertiary/aromatic N) is 3. The Morgan fingerprint density at radius 1 is 1.26 bits per heavy atom. The van der Waals surface area contributed by atoms with Gasteiger partial charge in [-0.1, -0.05) is 43.7 Å². The van der Waals surface area contributed by atoms with Crippen molar-refractivity contribution in [2.24, 2.45) is 5.41 Å². The SMILES string of the molecule is Cc1ccc(-n2nnc(C(=O)NCC(O)C(C)(C)C)c2C)cc1. The van der Waals surface area contributed by atoms with Gasteiger partial charge in [0, 0.05) is 6.54 Å². The average molecular weight is 316 g/mol. The molecule has 0 radical (unpaired) electrons. The molecule has 1 amide bonds. The van der Waals surface area contributed by atoms with Crippen molar-refractivity contribution in [2.45, 2.75) is 40.7 Å². The normalized spacial score (nSPS) is 13.0. The second-order valence-electron chi connectivity index (χ2n) is 6.86. The third kappa shape index (κ3) is 3.96. The van der Waals surface area contributed by atoms with Crippen LogP contribution in [0, 0.1) is 19.3 Å². The first-order valence-electron chi connectivity index (χ1n) is 7.65. The third-order valence-electron chi connectivity index (χ3n) is 3.84. The summed E-state index contributed by atoms with van der Waals surface area (Å²) in [6.45, 7) is 9.75. The van der Waals surface area contributed by atoms with Crippen LogP contribution in [-0.2, 0) is 0 Å². The highest BCUT2D eigenvalue weighted by molar-refractivity contribution is 5.93. The summed E-state index contributed by atoms with van der Waals surface area (Å²) in [5, 5.41) is 20.7. The molecule has 0 fully saturated rings. The van der Waals surface area contributed by atoms with Crippen molar-refractivity contribution >= 4 is 5.91 Å². The molecular formula is C17H24N4O2. The van der Waals surface area contributed by atoms with E-state index in [0.29, 0.717) is 5.69 Å². The maximum Gasteiger partial charge on any atom is 0.273 e. The first kappa shape index (κ1) is 17.1. The fourth-order valence-electron chi connectivity index (χ4n) is 2.05. The monoisotopic (exact) mass is 316 g/mol. The molecule has 0 aliphatic heterocycles. The lowest BCUT2D eigenvalue weighted by Crippen LogP contribution is -2.39. The Balaban J connectivity index is 2.12. The number of aliphatic hydroxyl groups is 1. The van der Waals surface area contributed by atoms with E-state index in [9.17, 15) is 9.90 Å². The fourth-order valence-corrected chi connectivity index (χ4v) is 2.05. The number of carbonyl (C=O) groups is 1. The van der Waals surface area contributed by atoms with Crippen LogP contribution in [0.1, 0.15) is 42.5 Å². The van der Waals surface area contributed by atoms with Crippen LogP contribution in [0.4, 0.5) is 0 Å². The van der Waals surface area contributed by atoms with Crippen LogP contribution in [0.25, 0.3) is 5.69 Å². The van der Waals surface area contributed by atoms with Gasteiger partial charge in [-0.05, 0) is 31.4 Å². The lowest BCUT2D eigenvalue weighted by Gasteiger charge is -2.25. The zero-order valence-corrected chi connectivity index (χ0v) is 14.3. The molecule has 2 rings (SSSR count). The molecule has 1 atom stereocenters. The lowest BCUT2D eigenvalue weighted by molar-refractivity contribution is 0.0585. The van der Waals surface area contributed by atoms with Crippen LogP contribution in [0.3, 0.4) is 0 Å². The number of amides is 1. The van der Waals surface area contributed by atoms with Crippen molar-refractivity contribution in [2.75, 3.05) is 6.54 Å².